The molecular formula is C15H16N2O5. The molecule has 0 aliphatic rings. The normalized spacial score (nSPS) is 10.1. The van der Waals surface area contributed by atoms with Gasteiger partial charge in [0.2, 0.25) is 0 Å². The van der Waals surface area contributed by atoms with E-state index < -0.39 is 0 Å². The van der Waals surface area contributed by atoms with Crippen LogP contribution in [0, 0.1) is 6.92 Å². The van der Waals surface area contributed by atoms with Crippen LogP contribution in [-0.4, -0.2) is 30.7 Å². The lowest BCUT2D eigenvalue weighted by Gasteiger charge is -2.06. The first-order valence-electron chi connectivity index (χ1n) is 6.58. The fraction of sp³-hybridized carbons (Fsp3) is 0.267. The summed E-state index contributed by atoms with van der Waals surface area (Å²) < 4.78 is 14.8. The van der Waals surface area contributed by atoms with Crippen molar-refractivity contribution in [3.8, 4) is 5.75 Å². The fourth-order valence-corrected chi connectivity index (χ4v) is 1.70. The molecule has 0 aliphatic carbocycles. The molecule has 1 heterocycles. The number of carbonyl (C=O) groups is 2. The molecule has 0 aliphatic heterocycles. The number of amides is 1. The zero-order valence-electron chi connectivity index (χ0n) is 12.3. The number of anilines is 1. The lowest BCUT2D eigenvalue weighted by atomic mass is 10.1. The van der Waals surface area contributed by atoms with E-state index in [1.807, 2.05) is 0 Å². The van der Waals surface area contributed by atoms with Crippen LogP contribution < -0.4 is 10.1 Å². The first-order chi connectivity index (χ1) is 10.6. The van der Waals surface area contributed by atoms with Crippen molar-refractivity contribution in [1.29, 1.82) is 0 Å². The number of hydrogen-bond acceptors (Lipinski definition) is 6. The Morgan fingerprint density at radius 2 is 2.00 bits per heavy atom. The summed E-state index contributed by atoms with van der Waals surface area (Å²) in [6.45, 7) is 1.58. The third-order valence-corrected chi connectivity index (χ3v) is 2.76. The highest BCUT2D eigenvalue weighted by molar-refractivity contribution is 5.90. The minimum Gasteiger partial charge on any atom is -0.484 e. The number of esters is 1. The van der Waals surface area contributed by atoms with Crippen LogP contribution in [-0.2, 0) is 20.7 Å². The van der Waals surface area contributed by atoms with Gasteiger partial charge in [-0.1, -0.05) is 17.3 Å². The summed E-state index contributed by atoms with van der Waals surface area (Å²) in [6, 6.07) is 8.47. The minimum atomic E-state index is -0.341. The average Bonchev–Trinajstić information content (AvgIpc) is 2.91. The number of nitrogens with one attached hydrogen (secondary N) is 1. The van der Waals surface area contributed by atoms with Crippen LogP contribution in [0.15, 0.2) is 34.9 Å². The number of carbonyl (C=O) groups excluding carboxylic acids is 2. The second-order valence-corrected chi connectivity index (χ2v) is 4.56. The summed E-state index contributed by atoms with van der Waals surface area (Å²) in [5.41, 5.74) is 0.807. The Morgan fingerprint density at radius 1 is 1.27 bits per heavy atom. The number of nitrogens with zero attached hydrogens (tertiary/aromatic N) is 1. The Balaban J connectivity index is 1.81. The predicted octanol–water partition coefficient (Wildman–Crippen LogP) is 1.72. The lowest BCUT2D eigenvalue weighted by Crippen LogP contribution is -2.20. The molecule has 7 nitrogen and oxygen atoms in total. The summed E-state index contributed by atoms with van der Waals surface area (Å²) in [5, 5.41) is 6.20. The van der Waals surface area contributed by atoms with Crippen molar-refractivity contribution in [2.45, 2.75) is 13.3 Å². The highest BCUT2D eigenvalue weighted by Crippen LogP contribution is 2.13. The Hall–Kier alpha value is -2.83. The smallest absolute Gasteiger partial charge is 0.309 e. The molecule has 22 heavy (non-hydrogen) atoms. The van der Waals surface area contributed by atoms with Crippen molar-refractivity contribution >= 4 is 17.7 Å². The highest BCUT2D eigenvalue weighted by Gasteiger charge is 2.07. The number of methoxy groups -OCH3 is 1. The van der Waals surface area contributed by atoms with E-state index in [1.165, 1.54) is 7.11 Å². The van der Waals surface area contributed by atoms with E-state index in [0.29, 0.717) is 17.3 Å². The molecule has 1 aromatic heterocycles. The Morgan fingerprint density at radius 3 is 2.59 bits per heavy atom. The topological polar surface area (TPSA) is 90.7 Å². The standard InChI is InChI=1S/C15H16N2O5/c1-10-7-13(17-22-10)16-14(18)9-21-12-5-3-11(4-6-12)8-15(19)20-2/h3-7H,8-9H2,1-2H3,(H,16,17,18). The molecule has 116 valence electrons. The molecule has 0 atom stereocenters. The lowest BCUT2D eigenvalue weighted by molar-refractivity contribution is -0.139. The second-order valence-electron chi connectivity index (χ2n) is 4.56. The minimum absolute atomic E-state index is 0.151. The molecule has 0 fully saturated rings. The largest absolute Gasteiger partial charge is 0.484 e. The van der Waals surface area contributed by atoms with Gasteiger partial charge in [0.05, 0.1) is 13.5 Å². The van der Waals surface area contributed by atoms with Crippen molar-refractivity contribution in [3.63, 3.8) is 0 Å². The molecule has 2 rings (SSSR count). The van der Waals surface area contributed by atoms with E-state index in [1.54, 1.807) is 37.3 Å². The third kappa shape index (κ3) is 4.62. The molecule has 0 unspecified atom stereocenters. The van der Waals surface area contributed by atoms with Gasteiger partial charge in [0.25, 0.3) is 5.91 Å². The quantitative estimate of drug-likeness (QED) is 0.817. The van der Waals surface area contributed by atoms with Gasteiger partial charge in [0, 0.05) is 6.07 Å². The summed E-state index contributed by atoms with van der Waals surface area (Å²) >= 11 is 0. The summed E-state index contributed by atoms with van der Waals surface area (Å²) in [6.07, 6.45) is 0.197. The van der Waals surface area contributed by atoms with Crippen LogP contribution in [0.5, 0.6) is 5.75 Å². The van der Waals surface area contributed by atoms with E-state index in [2.05, 4.69) is 15.2 Å². The first kappa shape index (κ1) is 15.6. The van der Waals surface area contributed by atoms with Crippen LogP contribution in [0.4, 0.5) is 5.82 Å². The van der Waals surface area contributed by atoms with Gasteiger partial charge in [-0.2, -0.15) is 0 Å². The molecule has 0 saturated heterocycles. The maximum Gasteiger partial charge on any atom is 0.309 e. The summed E-state index contributed by atoms with van der Waals surface area (Å²) in [7, 11) is 1.34. The second kappa shape index (κ2) is 7.26. The predicted molar refractivity (Wildman–Crippen MR) is 77.5 cm³/mol. The number of aryl methyl sites for hydroxylation is 1. The molecule has 0 bridgehead atoms. The number of rotatable bonds is 6. The summed E-state index contributed by atoms with van der Waals surface area (Å²) in [5.74, 6) is 0.833. The van der Waals surface area contributed by atoms with E-state index >= 15 is 0 Å². The van der Waals surface area contributed by atoms with Crippen molar-refractivity contribution < 1.29 is 23.6 Å². The van der Waals surface area contributed by atoms with Crippen LogP contribution in [0.2, 0.25) is 0 Å². The molecule has 2 aromatic rings. The van der Waals surface area contributed by atoms with Crippen LogP contribution in [0.3, 0.4) is 0 Å². The fourth-order valence-electron chi connectivity index (χ4n) is 1.70. The molecule has 7 heteroatoms. The Kier molecular flexibility index (Phi) is 5.13. The maximum absolute atomic E-state index is 11.7. The molecule has 0 spiro atoms. The van der Waals surface area contributed by atoms with Crippen LogP contribution in [0.25, 0.3) is 0 Å². The number of benzene rings is 1. The van der Waals surface area contributed by atoms with E-state index in [4.69, 9.17) is 9.26 Å². The van der Waals surface area contributed by atoms with Gasteiger partial charge in [-0.25, -0.2) is 0 Å². The van der Waals surface area contributed by atoms with E-state index in [9.17, 15) is 9.59 Å². The van der Waals surface area contributed by atoms with Gasteiger partial charge < -0.3 is 19.3 Å². The van der Waals surface area contributed by atoms with Gasteiger partial charge in [0.15, 0.2) is 12.4 Å². The summed E-state index contributed by atoms with van der Waals surface area (Å²) in [4.78, 5) is 22.8. The number of ether oxygens (including phenoxy) is 2. The molecular weight excluding hydrogens is 288 g/mol. The molecule has 0 radical (unpaired) electrons. The highest BCUT2D eigenvalue weighted by atomic mass is 16.5. The molecule has 1 amide bonds. The van der Waals surface area contributed by atoms with Crippen molar-refractivity contribution in [2.75, 3.05) is 19.0 Å². The first-order valence-corrected chi connectivity index (χ1v) is 6.58. The molecule has 1 aromatic carbocycles. The monoisotopic (exact) mass is 304 g/mol. The Labute approximate surface area is 127 Å². The van der Waals surface area contributed by atoms with Crippen molar-refractivity contribution in [3.05, 3.63) is 41.7 Å². The average molecular weight is 304 g/mol. The zero-order valence-corrected chi connectivity index (χ0v) is 12.3. The molecule has 1 N–H and O–H groups in total. The van der Waals surface area contributed by atoms with Gasteiger partial charge in [-0.05, 0) is 24.6 Å². The van der Waals surface area contributed by atoms with Crippen LogP contribution >= 0.6 is 0 Å². The van der Waals surface area contributed by atoms with Gasteiger partial charge in [0.1, 0.15) is 11.5 Å². The molecule has 0 saturated carbocycles. The number of hydrogen-bond donors (Lipinski definition) is 1. The zero-order chi connectivity index (χ0) is 15.9. The van der Waals surface area contributed by atoms with Crippen molar-refractivity contribution in [1.82, 2.24) is 5.16 Å². The third-order valence-electron chi connectivity index (χ3n) is 2.76. The van der Waals surface area contributed by atoms with E-state index in [-0.39, 0.29) is 24.9 Å². The van der Waals surface area contributed by atoms with Crippen LogP contribution in [0.1, 0.15) is 11.3 Å². The maximum atomic E-state index is 11.7. The van der Waals surface area contributed by atoms with Gasteiger partial charge in [-0.3, -0.25) is 9.59 Å². The van der Waals surface area contributed by atoms with Crippen molar-refractivity contribution in [2.24, 2.45) is 0 Å². The SMILES string of the molecule is COC(=O)Cc1ccc(OCC(=O)Nc2cc(C)on2)cc1. The Bertz CT molecular complexity index is 648. The van der Waals surface area contributed by atoms with E-state index in [0.717, 1.165) is 5.56 Å². The van der Waals surface area contributed by atoms with Gasteiger partial charge in [-0.15, -0.1) is 0 Å². The van der Waals surface area contributed by atoms with Gasteiger partial charge >= 0.3 is 5.97 Å². The number of aromatic nitrogens is 1.